The largest absolute Gasteiger partial charge is 0.493 e. The molecule has 2 aromatic carbocycles. The van der Waals surface area contributed by atoms with Gasteiger partial charge < -0.3 is 19.5 Å². The number of hydrogen-bond acceptors (Lipinski definition) is 4. The van der Waals surface area contributed by atoms with Gasteiger partial charge in [-0.05, 0) is 46.6 Å². The molecule has 0 fully saturated rings. The Hall–Kier alpha value is -1.92. The van der Waals surface area contributed by atoms with E-state index in [0.29, 0.717) is 38.0 Å². The van der Waals surface area contributed by atoms with E-state index >= 15 is 0 Å². The van der Waals surface area contributed by atoms with Crippen molar-refractivity contribution in [3.05, 3.63) is 44.9 Å². The van der Waals surface area contributed by atoms with Gasteiger partial charge in [-0.25, -0.2) is 0 Å². The maximum Gasteiger partial charge on any atom is 0.257 e. The molecule has 0 bridgehead atoms. The average Bonchev–Trinajstić information content (AvgIpc) is 2.58. The lowest BCUT2D eigenvalue weighted by Gasteiger charge is -2.17. The molecular formula is C17H17BrClNO4. The molecule has 0 heterocycles. The molecule has 0 saturated carbocycles. The predicted octanol–water partition coefficient (Wildman–Crippen LogP) is 4.69. The molecule has 0 saturated heterocycles. The van der Waals surface area contributed by atoms with Gasteiger partial charge in [-0.15, -0.1) is 0 Å². The van der Waals surface area contributed by atoms with Gasteiger partial charge in [0.1, 0.15) is 0 Å². The summed E-state index contributed by atoms with van der Waals surface area (Å²) in [7, 11) is 4.49. The third kappa shape index (κ3) is 3.44. The van der Waals surface area contributed by atoms with Crippen LogP contribution in [0, 0.1) is 6.92 Å². The number of rotatable bonds is 5. The summed E-state index contributed by atoms with van der Waals surface area (Å²) in [5.74, 6) is 0.851. The molecule has 5 nitrogen and oxygen atoms in total. The van der Waals surface area contributed by atoms with E-state index in [9.17, 15) is 4.79 Å². The summed E-state index contributed by atoms with van der Waals surface area (Å²) < 4.78 is 16.4. The highest BCUT2D eigenvalue weighted by Gasteiger charge is 2.23. The third-order valence-corrected chi connectivity index (χ3v) is 4.73. The molecule has 7 heteroatoms. The van der Waals surface area contributed by atoms with Crippen molar-refractivity contribution in [1.82, 2.24) is 0 Å². The number of carbonyl (C=O) groups excluding carboxylic acids is 1. The summed E-state index contributed by atoms with van der Waals surface area (Å²) in [5.41, 5.74) is 1.77. The van der Waals surface area contributed by atoms with Crippen LogP contribution in [0.5, 0.6) is 17.2 Å². The van der Waals surface area contributed by atoms with Crippen LogP contribution in [0.1, 0.15) is 15.9 Å². The molecule has 0 aliphatic rings. The van der Waals surface area contributed by atoms with E-state index in [1.165, 1.54) is 21.3 Å². The number of anilines is 1. The Kier molecular flexibility index (Phi) is 5.96. The lowest BCUT2D eigenvalue weighted by atomic mass is 10.1. The molecule has 0 spiro atoms. The van der Waals surface area contributed by atoms with E-state index in [2.05, 4.69) is 21.2 Å². The zero-order valence-corrected chi connectivity index (χ0v) is 16.0. The fourth-order valence-electron chi connectivity index (χ4n) is 2.22. The highest BCUT2D eigenvalue weighted by atomic mass is 79.9. The van der Waals surface area contributed by atoms with E-state index in [1.807, 2.05) is 6.92 Å². The zero-order chi connectivity index (χ0) is 17.9. The number of methoxy groups -OCH3 is 3. The third-order valence-electron chi connectivity index (χ3n) is 3.53. The van der Waals surface area contributed by atoms with Crippen molar-refractivity contribution in [2.24, 2.45) is 0 Å². The van der Waals surface area contributed by atoms with E-state index in [1.54, 1.807) is 24.3 Å². The van der Waals surface area contributed by atoms with Crippen molar-refractivity contribution < 1.29 is 19.0 Å². The number of hydrogen-bond donors (Lipinski definition) is 1. The SMILES string of the molecule is COc1cc(C(=O)Nc2cccc(Cl)c2C)c(Br)c(OC)c1OC. The van der Waals surface area contributed by atoms with Crippen molar-refractivity contribution in [1.29, 1.82) is 0 Å². The van der Waals surface area contributed by atoms with Gasteiger partial charge in [0.15, 0.2) is 11.5 Å². The van der Waals surface area contributed by atoms with Gasteiger partial charge in [0.2, 0.25) is 5.75 Å². The van der Waals surface area contributed by atoms with Crippen molar-refractivity contribution >= 4 is 39.1 Å². The summed E-state index contributed by atoms with van der Waals surface area (Å²) in [4.78, 5) is 12.7. The molecule has 0 atom stereocenters. The second-order valence-electron chi connectivity index (χ2n) is 4.87. The standard InChI is InChI=1S/C17H17BrClNO4/c1-9-11(19)6-5-7-12(9)20-17(21)10-8-13(22-2)15(23-3)16(24-4)14(10)18/h5-8H,1-4H3,(H,20,21). The van der Waals surface area contributed by atoms with Gasteiger partial charge in [-0.2, -0.15) is 0 Å². The molecule has 24 heavy (non-hydrogen) atoms. The molecule has 1 amide bonds. The van der Waals surface area contributed by atoms with Crippen LogP contribution in [0.25, 0.3) is 0 Å². The van der Waals surface area contributed by atoms with Crippen LogP contribution in [0.2, 0.25) is 5.02 Å². The molecule has 2 rings (SSSR count). The molecule has 0 radical (unpaired) electrons. The molecule has 0 aliphatic heterocycles. The first kappa shape index (κ1) is 18.4. The van der Waals surface area contributed by atoms with Crippen molar-refractivity contribution in [3.63, 3.8) is 0 Å². The molecule has 0 aliphatic carbocycles. The number of amides is 1. The quantitative estimate of drug-likeness (QED) is 0.771. The van der Waals surface area contributed by atoms with Gasteiger partial charge in [-0.3, -0.25) is 4.79 Å². The highest BCUT2D eigenvalue weighted by Crippen LogP contribution is 2.44. The Morgan fingerprint density at radius 2 is 1.79 bits per heavy atom. The molecule has 0 unspecified atom stereocenters. The molecule has 128 valence electrons. The summed E-state index contributed by atoms with van der Waals surface area (Å²) >= 11 is 9.49. The Balaban J connectivity index is 2.48. The monoisotopic (exact) mass is 413 g/mol. The lowest BCUT2D eigenvalue weighted by molar-refractivity contribution is 0.102. The molecular weight excluding hydrogens is 398 g/mol. The van der Waals surface area contributed by atoms with Crippen molar-refractivity contribution in [3.8, 4) is 17.2 Å². The van der Waals surface area contributed by atoms with Gasteiger partial charge in [0.05, 0.1) is 31.4 Å². The number of halogens is 2. The minimum Gasteiger partial charge on any atom is -0.493 e. The highest BCUT2D eigenvalue weighted by molar-refractivity contribution is 9.10. The Labute approximate surface area is 154 Å². The van der Waals surface area contributed by atoms with Gasteiger partial charge >= 0.3 is 0 Å². The fraction of sp³-hybridized carbons (Fsp3) is 0.235. The van der Waals surface area contributed by atoms with Gasteiger partial charge in [0, 0.05) is 10.7 Å². The normalized spacial score (nSPS) is 10.2. The van der Waals surface area contributed by atoms with Crippen LogP contribution in [0.4, 0.5) is 5.69 Å². The Morgan fingerprint density at radius 1 is 1.12 bits per heavy atom. The van der Waals surface area contributed by atoms with E-state index < -0.39 is 0 Å². The van der Waals surface area contributed by atoms with E-state index in [-0.39, 0.29) is 5.91 Å². The van der Waals surface area contributed by atoms with Crippen LogP contribution in [-0.2, 0) is 0 Å². The van der Waals surface area contributed by atoms with Crippen LogP contribution in [0.15, 0.2) is 28.7 Å². The van der Waals surface area contributed by atoms with Crippen molar-refractivity contribution in [2.75, 3.05) is 26.6 Å². The second kappa shape index (κ2) is 7.77. The molecule has 2 aromatic rings. The smallest absolute Gasteiger partial charge is 0.257 e. The van der Waals surface area contributed by atoms with Crippen LogP contribution in [-0.4, -0.2) is 27.2 Å². The maximum absolute atomic E-state index is 12.7. The van der Waals surface area contributed by atoms with Crippen molar-refractivity contribution in [2.45, 2.75) is 6.92 Å². The van der Waals surface area contributed by atoms with E-state index in [0.717, 1.165) is 5.56 Å². The average molecular weight is 415 g/mol. The summed E-state index contributed by atoms with van der Waals surface area (Å²) in [6, 6.07) is 6.91. The zero-order valence-electron chi connectivity index (χ0n) is 13.7. The predicted molar refractivity (Wildman–Crippen MR) is 97.9 cm³/mol. The second-order valence-corrected chi connectivity index (χ2v) is 6.07. The fourth-order valence-corrected chi connectivity index (χ4v) is 3.03. The summed E-state index contributed by atoms with van der Waals surface area (Å²) in [6.45, 7) is 1.84. The molecule has 1 N–H and O–H groups in total. The first-order chi connectivity index (χ1) is 11.4. The molecule has 0 aromatic heterocycles. The lowest BCUT2D eigenvalue weighted by Crippen LogP contribution is -2.14. The van der Waals surface area contributed by atoms with Crippen LogP contribution < -0.4 is 19.5 Å². The number of nitrogens with one attached hydrogen (secondary N) is 1. The van der Waals surface area contributed by atoms with Gasteiger partial charge in [-0.1, -0.05) is 17.7 Å². The Bertz CT molecular complexity index is 780. The maximum atomic E-state index is 12.7. The summed E-state index contributed by atoms with van der Waals surface area (Å²) in [5, 5.41) is 3.42. The topological polar surface area (TPSA) is 56.8 Å². The first-order valence-electron chi connectivity index (χ1n) is 6.99. The number of ether oxygens (including phenoxy) is 3. The number of carbonyl (C=O) groups is 1. The summed E-state index contributed by atoms with van der Waals surface area (Å²) in [6.07, 6.45) is 0. The first-order valence-corrected chi connectivity index (χ1v) is 8.16. The van der Waals surface area contributed by atoms with Gasteiger partial charge in [0.25, 0.3) is 5.91 Å². The minimum atomic E-state index is -0.327. The van der Waals surface area contributed by atoms with Crippen LogP contribution >= 0.6 is 27.5 Å². The minimum absolute atomic E-state index is 0.327. The number of benzene rings is 2. The Morgan fingerprint density at radius 3 is 2.38 bits per heavy atom. The van der Waals surface area contributed by atoms with E-state index in [4.69, 9.17) is 25.8 Å². The van der Waals surface area contributed by atoms with Crippen LogP contribution in [0.3, 0.4) is 0 Å².